The summed E-state index contributed by atoms with van der Waals surface area (Å²) in [4.78, 5) is 0. The molecule has 1 aromatic carbocycles. The van der Waals surface area contributed by atoms with Gasteiger partial charge in [0.25, 0.3) is 0 Å². The van der Waals surface area contributed by atoms with Gasteiger partial charge in [-0.1, -0.05) is 48.3 Å². The molecule has 0 bridgehead atoms. The molecule has 1 nitrogen and oxygen atoms in total. The van der Waals surface area contributed by atoms with E-state index in [0.29, 0.717) is 11.3 Å². The zero-order valence-corrected chi connectivity index (χ0v) is 11.6. The van der Waals surface area contributed by atoms with Crippen molar-refractivity contribution in [3.05, 3.63) is 34.3 Å². The van der Waals surface area contributed by atoms with Gasteiger partial charge in [0.15, 0.2) is 0 Å². The van der Waals surface area contributed by atoms with E-state index in [2.05, 4.69) is 54.0 Å². The van der Waals surface area contributed by atoms with Crippen LogP contribution in [-0.4, -0.2) is 0 Å². The lowest BCUT2D eigenvalue weighted by atomic mass is 9.76. The maximum absolute atomic E-state index is 6.41. The molecule has 2 atom stereocenters. The molecule has 0 heterocycles. The second kappa shape index (κ2) is 4.50. The molecule has 0 aliphatic heterocycles. The van der Waals surface area contributed by atoms with Crippen LogP contribution in [0.15, 0.2) is 28.7 Å². The van der Waals surface area contributed by atoms with Crippen LogP contribution >= 0.6 is 15.9 Å². The van der Waals surface area contributed by atoms with Gasteiger partial charge in [0, 0.05) is 10.5 Å². The van der Waals surface area contributed by atoms with Gasteiger partial charge in [-0.15, -0.1) is 0 Å². The van der Waals surface area contributed by atoms with Crippen molar-refractivity contribution < 1.29 is 0 Å². The Balaban J connectivity index is 2.18. The first-order chi connectivity index (χ1) is 7.50. The van der Waals surface area contributed by atoms with Crippen molar-refractivity contribution in [2.75, 3.05) is 0 Å². The molecule has 1 fully saturated rings. The summed E-state index contributed by atoms with van der Waals surface area (Å²) < 4.78 is 1.12. The van der Waals surface area contributed by atoms with Crippen LogP contribution in [0.4, 0.5) is 0 Å². The first-order valence-electron chi connectivity index (χ1n) is 6.02. The smallest absolute Gasteiger partial charge is 0.0328 e. The zero-order chi connectivity index (χ0) is 11.8. The maximum atomic E-state index is 6.41. The third kappa shape index (κ3) is 2.33. The summed E-state index contributed by atoms with van der Waals surface area (Å²) in [6, 6.07) is 8.63. The molecule has 1 aliphatic rings. The SMILES string of the molecule is CC1(C)CCCC1C(N)c1ccc(Br)cc1. The van der Waals surface area contributed by atoms with Gasteiger partial charge in [0.05, 0.1) is 0 Å². The molecular formula is C14H20BrN. The molecule has 2 unspecified atom stereocenters. The molecule has 2 heteroatoms. The number of hydrogen-bond donors (Lipinski definition) is 1. The number of rotatable bonds is 2. The summed E-state index contributed by atoms with van der Waals surface area (Å²) in [6.45, 7) is 4.70. The van der Waals surface area contributed by atoms with Gasteiger partial charge in [-0.25, -0.2) is 0 Å². The third-order valence-electron chi connectivity index (χ3n) is 4.03. The Morgan fingerprint density at radius 2 is 1.94 bits per heavy atom. The first-order valence-corrected chi connectivity index (χ1v) is 6.81. The van der Waals surface area contributed by atoms with Gasteiger partial charge in [-0.2, -0.15) is 0 Å². The molecule has 0 radical (unpaired) electrons. The largest absolute Gasteiger partial charge is 0.324 e. The van der Waals surface area contributed by atoms with Gasteiger partial charge in [0.1, 0.15) is 0 Å². The van der Waals surface area contributed by atoms with Crippen molar-refractivity contribution in [3.63, 3.8) is 0 Å². The van der Waals surface area contributed by atoms with Crippen molar-refractivity contribution in [1.29, 1.82) is 0 Å². The van der Waals surface area contributed by atoms with Crippen molar-refractivity contribution in [3.8, 4) is 0 Å². The number of nitrogens with two attached hydrogens (primary N) is 1. The molecule has 88 valence electrons. The van der Waals surface area contributed by atoms with Crippen LogP contribution in [0.5, 0.6) is 0 Å². The zero-order valence-electron chi connectivity index (χ0n) is 10.0. The summed E-state index contributed by atoms with van der Waals surface area (Å²) in [6.07, 6.45) is 3.90. The van der Waals surface area contributed by atoms with Crippen molar-refractivity contribution in [2.45, 2.75) is 39.2 Å². The van der Waals surface area contributed by atoms with E-state index >= 15 is 0 Å². The quantitative estimate of drug-likeness (QED) is 0.861. The summed E-state index contributed by atoms with van der Waals surface area (Å²) in [5.41, 5.74) is 8.07. The van der Waals surface area contributed by atoms with Crippen molar-refractivity contribution in [1.82, 2.24) is 0 Å². The monoisotopic (exact) mass is 281 g/mol. The number of halogens is 1. The van der Waals surface area contributed by atoms with E-state index in [0.717, 1.165) is 4.47 Å². The molecule has 2 N–H and O–H groups in total. The Hall–Kier alpha value is -0.340. The third-order valence-corrected chi connectivity index (χ3v) is 4.56. The van der Waals surface area contributed by atoms with Crippen LogP contribution in [0.1, 0.15) is 44.7 Å². The standard InChI is InChI=1S/C14H20BrN/c1-14(2)9-3-4-12(14)13(16)10-5-7-11(15)8-6-10/h5-8,12-13H,3-4,9,16H2,1-2H3. The molecular weight excluding hydrogens is 262 g/mol. The maximum Gasteiger partial charge on any atom is 0.0328 e. The molecule has 1 saturated carbocycles. The molecule has 0 saturated heterocycles. The van der Waals surface area contributed by atoms with Crippen molar-refractivity contribution in [2.24, 2.45) is 17.1 Å². The first kappa shape index (κ1) is 12.1. The highest BCUT2D eigenvalue weighted by molar-refractivity contribution is 9.10. The highest BCUT2D eigenvalue weighted by Crippen LogP contribution is 2.47. The molecule has 1 aliphatic carbocycles. The van der Waals surface area contributed by atoms with Crippen LogP contribution in [0, 0.1) is 11.3 Å². The fraction of sp³-hybridized carbons (Fsp3) is 0.571. The van der Waals surface area contributed by atoms with Gasteiger partial charge >= 0.3 is 0 Å². The highest BCUT2D eigenvalue weighted by Gasteiger charge is 2.38. The lowest BCUT2D eigenvalue weighted by molar-refractivity contribution is 0.222. The van der Waals surface area contributed by atoms with E-state index in [1.807, 2.05) is 0 Å². The highest BCUT2D eigenvalue weighted by atomic mass is 79.9. The minimum Gasteiger partial charge on any atom is -0.324 e. The lowest BCUT2D eigenvalue weighted by Gasteiger charge is -2.32. The Bertz CT molecular complexity index is 356. The average Bonchev–Trinajstić information content (AvgIpc) is 2.58. The Kier molecular flexibility index (Phi) is 3.41. The van der Waals surface area contributed by atoms with Crippen LogP contribution in [0.3, 0.4) is 0 Å². The number of hydrogen-bond acceptors (Lipinski definition) is 1. The van der Waals surface area contributed by atoms with Gasteiger partial charge in [-0.3, -0.25) is 0 Å². The van der Waals surface area contributed by atoms with Crippen LogP contribution in [-0.2, 0) is 0 Å². The normalized spacial score (nSPS) is 25.6. The molecule has 0 amide bonds. The molecule has 16 heavy (non-hydrogen) atoms. The topological polar surface area (TPSA) is 26.0 Å². The lowest BCUT2D eigenvalue weighted by Crippen LogP contribution is -2.29. The summed E-state index contributed by atoms with van der Waals surface area (Å²) in [5.74, 6) is 0.619. The Morgan fingerprint density at radius 3 is 2.44 bits per heavy atom. The Labute approximate surface area is 107 Å². The van der Waals surface area contributed by atoms with Crippen molar-refractivity contribution >= 4 is 15.9 Å². The van der Waals surface area contributed by atoms with Crippen LogP contribution in [0.2, 0.25) is 0 Å². The fourth-order valence-electron chi connectivity index (χ4n) is 2.94. The van der Waals surface area contributed by atoms with E-state index in [9.17, 15) is 0 Å². The Morgan fingerprint density at radius 1 is 1.31 bits per heavy atom. The summed E-state index contributed by atoms with van der Waals surface area (Å²) >= 11 is 3.46. The average molecular weight is 282 g/mol. The van der Waals surface area contributed by atoms with Gasteiger partial charge in [0.2, 0.25) is 0 Å². The van der Waals surface area contributed by atoms with Crippen LogP contribution in [0.25, 0.3) is 0 Å². The van der Waals surface area contributed by atoms with Gasteiger partial charge in [-0.05, 0) is 41.9 Å². The van der Waals surface area contributed by atoms with E-state index < -0.39 is 0 Å². The summed E-state index contributed by atoms with van der Waals surface area (Å²) in [7, 11) is 0. The molecule has 2 rings (SSSR count). The summed E-state index contributed by atoms with van der Waals surface area (Å²) in [5, 5.41) is 0. The minimum absolute atomic E-state index is 0.186. The van der Waals surface area contributed by atoms with E-state index in [1.165, 1.54) is 24.8 Å². The van der Waals surface area contributed by atoms with E-state index in [-0.39, 0.29) is 6.04 Å². The predicted octanol–water partition coefficient (Wildman–Crippen LogP) is 4.28. The predicted molar refractivity (Wildman–Crippen MR) is 72.2 cm³/mol. The van der Waals surface area contributed by atoms with E-state index in [4.69, 9.17) is 5.73 Å². The second-order valence-corrected chi connectivity index (χ2v) is 6.48. The number of benzene rings is 1. The second-order valence-electron chi connectivity index (χ2n) is 5.56. The minimum atomic E-state index is 0.186. The molecule has 0 spiro atoms. The van der Waals surface area contributed by atoms with Crippen LogP contribution < -0.4 is 5.73 Å². The molecule has 0 aromatic heterocycles. The fourth-order valence-corrected chi connectivity index (χ4v) is 3.20. The van der Waals surface area contributed by atoms with Gasteiger partial charge < -0.3 is 5.73 Å². The van der Waals surface area contributed by atoms with E-state index in [1.54, 1.807) is 0 Å². The molecule has 1 aromatic rings.